The van der Waals surface area contributed by atoms with E-state index in [2.05, 4.69) is 10.2 Å². The average molecular weight is 710 g/mol. The van der Waals surface area contributed by atoms with Crippen molar-refractivity contribution in [3.05, 3.63) is 70.7 Å². The summed E-state index contributed by atoms with van der Waals surface area (Å²) in [5.41, 5.74) is -4.23. The van der Waals surface area contributed by atoms with Crippen LogP contribution in [0.3, 0.4) is 0 Å². The largest absolute Gasteiger partial charge is 0.510 e. The molecule has 0 saturated carbocycles. The summed E-state index contributed by atoms with van der Waals surface area (Å²) in [4.78, 5) is 63.8. The van der Waals surface area contributed by atoms with Crippen LogP contribution in [-0.2, 0) is 18.9 Å². The van der Waals surface area contributed by atoms with Crippen LogP contribution in [0.1, 0.15) is 91.9 Å². The molecule has 0 fully saturated rings. The van der Waals surface area contributed by atoms with E-state index in [1.54, 1.807) is 54.5 Å². The standard InChI is InChI=1S/C30H34Cl2N6O10/c1-14(2)19-12-23(35-37(25(19)39)17(6)46-28(42)44-15(3)4)47-24-20(31)10-18(11-21(24)32)38-27(41)36(26(40)22(13-33)34-38)16(5)45-29(43)48-30(7,8)9/h10-12,14-17H,1-9H3. The summed E-state index contributed by atoms with van der Waals surface area (Å²) in [7, 11) is 0. The molecule has 48 heavy (non-hydrogen) atoms. The molecule has 0 N–H and O–H groups in total. The van der Waals surface area contributed by atoms with Gasteiger partial charge >= 0.3 is 18.0 Å². The Morgan fingerprint density at radius 2 is 1.44 bits per heavy atom. The molecule has 258 valence electrons. The predicted octanol–water partition coefficient (Wildman–Crippen LogP) is 5.60. The number of rotatable bonds is 9. The zero-order chi connectivity index (χ0) is 36.2. The van der Waals surface area contributed by atoms with Gasteiger partial charge in [0.15, 0.2) is 18.2 Å². The number of aromatic nitrogens is 5. The molecule has 0 spiro atoms. The predicted molar refractivity (Wildman–Crippen MR) is 171 cm³/mol. The van der Waals surface area contributed by atoms with Crippen molar-refractivity contribution in [3.63, 3.8) is 0 Å². The number of benzene rings is 1. The molecule has 0 radical (unpaired) electrons. The number of carbonyl (C=O) groups excluding carboxylic acids is 2. The van der Waals surface area contributed by atoms with Crippen LogP contribution in [0.25, 0.3) is 5.69 Å². The van der Waals surface area contributed by atoms with E-state index in [0.717, 1.165) is 4.68 Å². The second-order valence-electron chi connectivity index (χ2n) is 11.8. The second-order valence-corrected chi connectivity index (χ2v) is 12.6. The molecule has 2 aromatic heterocycles. The highest BCUT2D eigenvalue weighted by Crippen LogP contribution is 2.38. The molecule has 0 saturated heterocycles. The van der Waals surface area contributed by atoms with Crippen LogP contribution < -0.4 is 21.5 Å². The monoisotopic (exact) mass is 708 g/mol. The van der Waals surface area contributed by atoms with Crippen molar-refractivity contribution < 1.29 is 33.3 Å². The Kier molecular flexibility index (Phi) is 11.7. The lowest BCUT2D eigenvalue weighted by Gasteiger charge is -2.22. The van der Waals surface area contributed by atoms with Crippen molar-refractivity contribution >= 4 is 35.5 Å². The summed E-state index contributed by atoms with van der Waals surface area (Å²) < 4.78 is 28.3. The Morgan fingerprint density at radius 1 is 0.854 bits per heavy atom. The van der Waals surface area contributed by atoms with Crippen molar-refractivity contribution in [2.24, 2.45) is 0 Å². The maximum atomic E-state index is 13.5. The van der Waals surface area contributed by atoms with Gasteiger partial charge in [0, 0.05) is 11.6 Å². The van der Waals surface area contributed by atoms with E-state index in [0.29, 0.717) is 9.25 Å². The Hall–Kier alpha value is -4.88. The van der Waals surface area contributed by atoms with Crippen molar-refractivity contribution in [1.29, 1.82) is 5.26 Å². The van der Waals surface area contributed by atoms with E-state index in [9.17, 15) is 29.2 Å². The lowest BCUT2D eigenvalue weighted by molar-refractivity contribution is -0.0414. The van der Waals surface area contributed by atoms with Gasteiger partial charge in [0.2, 0.25) is 11.6 Å². The Morgan fingerprint density at radius 3 is 1.96 bits per heavy atom. The number of nitrogens with zero attached hydrogens (tertiary/aromatic N) is 6. The van der Waals surface area contributed by atoms with E-state index in [1.807, 2.05) is 0 Å². The van der Waals surface area contributed by atoms with Crippen LogP contribution in [-0.4, -0.2) is 48.1 Å². The van der Waals surface area contributed by atoms with Gasteiger partial charge in [-0.3, -0.25) is 9.59 Å². The van der Waals surface area contributed by atoms with Gasteiger partial charge in [-0.25, -0.2) is 19.0 Å². The minimum absolute atomic E-state index is 0.0939. The number of carbonyl (C=O) groups is 2. The van der Waals surface area contributed by atoms with Crippen LogP contribution in [0.5, 0.6) is 11.6 Å². The molecule has 0 aliphatic rings. The van der Waals surface area contributed by atoms with Crippen LogP contribution >= 0.6 is 23.2 Å². The van der Waals surface area contributed by atoms with Crippen molar-refractivity contribution in [1.82, 2.24) is 24.1 Å². The van der Waals surface area contributed by atoms with Crippen LogP contribution in [0.15, 0.2) is 32.6 Å². The lowest BCUT2D eigenvalue weighted by Crippen LogP contribution is -2.45. The Balaban J connectivity index is 2.06. The van der Waals surface area contributed by atoms with Gasteiger partial charge in [0.05, 0.1) is 21.8 Å². The van der Waals surface area contributed by atoms with Crippen LogP contribution in [0.4, 0.5) is 9.59 Å². The van der Waals surface area contributed by atoms with Gasteiger partial charge < -0.3 is 23.7 Å². The first kappa shape index (κ1) is 37.6. The number of ether oxygens (including phenoxy) is 5. The summed E-state index contributed by atoms with van der Waals surface area (Å²) in [6.07, 6.45) is -5.33. The fourth-order valence-corrected chi connectivity index (χ4v) is 4.56. The van der Waals surface area contributed by atoms with Gasteiger partial charge in [-0.1, -0.05) is 37.0 Å². The number of hydrogen-bond acceptors (Lipinski definition) is 13. The van der Waals surface area contributed by atoms with E-state index in [-0.39, 0.29) is 38.8 Å². The fourth-order valence-electron chi connectivity index (χ4n) is 4.01. The fraction of sp³-hybridized carbons (Fsp3) is 0.467. The van der Waals surface area contributed by atoms with Gasteiger partial charge in [-0.15, -0.1) is 10.2 Å². The van der Waals surface area contributed by atoms with E-state index in [4.69, 9.17) is 46.9 Å². The van der Waals surface area contributed by atoms with E-state index >= 15 is 0 Å². The van der Waals surface area contributed by atoms with Crippen molar-refractivity contribution in [2.75, 3.05) is 0 Å². The minimum Gasteiger partial charge on any atom is -0.434 e. The Bertz CT molecular complexity index is 1920. The van der Waals surface area contributed by atoms with Gasteiger partial charge in [0.1, 0.15) is 11.7 Å². The zero-order valence-corrected chi connectivity index (χ0v) is 29.1. The third-order valence-corrected chi connectivity index (χ3v) is 6.64. The highest BCUT2D eigenvalue weighted by Gasteiger charge is 2.26. The first-order chi connectivity index (χ1) is 22.2. The van der Waals surface area contributed by atoms with Crippen molar-refractivity contribution in [3.8, 4) is 23.4 Å². The molecule has 2 atom stereocenters. The van der Waals surface area contributed by atoms with E-state index < -0.39 is 59.0 Å². The van der Waals surface area contributed by atoms with E-state index in [1.165, 1.54) is 32.0 Å². The summed E-state index contributed by atoms with van der Waals surface area (Å²) in [5, 5.41) is 17.2. The number of hydrogen-bond donors (Lipinski definition) is 0. The van der Waals surface area contributed by atoms with Crippen molar-refractivity contribution in [2.45, 2.75) is 92.4 Å². The van der Waals surface area contributed by atoms with Crippen LogP contribution in [0.2, 0.25) is 10.0 Å². The molecule has 2 unspecified atom stereocenters. The smallest absolute Gasteiger partial charge is 0.434 e. The molecule has 3 aromatic rings. The molecular formula is C30H34Cl2N6O10. The molecule has 0 aliphatic heterocycles. The molecule has 16 nitrogen and oxygen atoms in total. The van der Waals surface area contributed by atoms with Crippen LogP contribution in [0, 0.1) is 11.3 Å². The lowest BCUT2D eigenvalue weighted by atomic mass is 10.1. The molecule has 3 rings (SSSR count). The quantitative estimate of drug-likeness (QED) is 0.249. The SMILES string of the molecule is CC(C)OC(=O)OC(C)n1nc(Oc2c(Cl)cc(-n3nc(C#N)c(=O)n(C(C)OC(=O)OC(C)(C)C)c3=O)cc2Cl)cc(C(C)C)c1=O. The molecule has 0 bridgehead atoms. The highest BCUT2D eigenvalue weighted by atomic mass is 35.5. The normalized spacial score (nSPS) is 12.7. The summed E-state index contributed by atoms with van der Waals surface area (Å²) in [6, 6.07) is 5.39. The topological polar surface area (TPSA) is 196 Å². The number of nitriles is 1. The summed E-state index contributed by atoms with van der Waals surface area (Å²) in [6.45, 7) is 14.2. The molecule has 1 aromatic carbocycles. The average Bonchev–Trinajstić information content (AvgIpc) is 2.93. The minimum atomic E-state index is -1.51. The first-order valence-electron chi connectivity index (χ1n) is 14.5. The van der Waals surface area contributed by atoms with Gasteiger partial charge in [-0.05, 0) is 66.5 Å². The Labute approximate surface area is 284 Å². The molecule has 2 heterocycles. The molecule has 18 heteroatoms. The first-order valence-corrected chi connectivity index (χ1v) is 15.2. The number of halogens is 2. The maximum Gasteiger partial charge on any atom is 0.510 e. The summed E-state index contributed by atoms with van der Waals surface area (Å²) in [5.74, 6) is -0.598. The third-order valence-electron chi connectivity index (χ3n) is 6.07. The second kappa shape index (κ2) is 14.9. The molecule has 0 aliphatic carbocycles. The molecular weight excluding hydrogens is 675 g/mol. The maximum absolute atomic E-state index is 13.5. The zero-order valence-electron chi connectivity index (χ0n) is 27.6. The third kappa shape index (κ3) is 8.92. The summed E-state index contributed by atoms with van der Waals surface area (Å²) >= 11 is 13.0. The van der Waals surface area contributed by atoms with Gasteiger partial charge in [0.25, 0.3) is 11.1 Å². The van der Waals surface area contributed by atoms with Gasteiger partial charge in [-0.2, -0.15) is 14.6 Å². The highest BCUT2D eigenvalue weighted by molar-refractivity contribution is 6.37. The molecule has 0 amide bonds.